The molecule has 1 saturated carbocycles. The number of nitrogens with one attached hydrogen (secondary N) is 1. The number of phenolic OH excluding ortho intramolecular Hbond substituents is 1. The Kier molecular flexibility index (Phi) is 3.53. The summed E-state index contributed by atoms with van der Waals surface area (Å²) in [6.07, 6.45) is 6.50. The number of rotatable bonds is 5. The van der Waals surface area contributed by atoms with Gasteiger partial charge in [-0.2, -0.15) is 0 Å². The molecule has 2 unspecified atom stereocenters. The van der Waals surface area contributed by atoms with Crippen molar-refractivity contribution in [2.45, 2.75) is 64.8 Å². The third kappa shape index (κ3) is 2.35. The molecule has 0 bridgehead atoms. The van der Waals surface area contributed by atoms with Crippen molar-refractivity contribution in [3.8, 4) is 5.75 Å². The Morgan fingerprint density at radius 3 is 2.70 bits per heavy atom. The van der Waals surface area contributed by atoms with Crippen molar-refractivity contribution < 1.29 is 5.11 Å². The maximum absolute atomic E-state index is 10.3. The first-order valence-corrected chi connectivity index (χ1v) is 8.12. The largest absolute Gasteiger partial charge is 0.508 e. The van der Waals surface area contributed by atoms with Gasteiger partial charge in [-0.15, -0.1) is 0 Å². The number of hydrogen-bond donors (Lipinski definition) is 2. The average molecular weight is 273 g/mol. The monoisotopic (exact) mass is 273 g/mol. The van der Waals surface area contributed by atoms with Crippen molar-refractivity contribution in [1.29, 1.82) is 0 Å². The highest BCUT2D eigenvalue weighted by Crippen LogP contribution is 2.51. The first-order chi connectivity index (χ1) is 9.56. The Morgan fingerprint density at radius 1 is 1.30 bits per heavy atom. The highest BCUT2D eigenvalue weighted by Gasteiger charge is 2.42. The van der Waals surface area contributed by atoms with Gasteiger partial charge >= 0.3 is 0 Å². The second kappa shape index (κ2) is 5.07. The fraction of sp³-hybridized carbons (Fsp3) is 0.667. The number of fused-ring (bicyclic) bond motifs is 1. The number of phenols is 1. The lowest BCUT2D eigenvalue weighted by atomic mass is 9.97. The van der Waals surface area contributed by atoms with Crippen LogP contribution in [-0.4, -0.2) is 11.7 Å². The SMILES string of the molecule is CCCC1(CNC2CC(C)c3c(C)ccc(O)c32)CC1. The summed E-state index contributed by atoms with van der Waals surface area (Å²) in [4.78, 5) is 0. The van der Waals surface area contributed by atoms with Gasteiger partial charge in [-0.3, -0.25) is 0 Å². The molecule has 0 aliphatic heterocycles. The Bertz CT molecular complexity index is 504. The molecule has 2 N–H and O–H groups in total. The molecule has 1 aromatic rings. The van der Waals surface area contributed by atoms with Crippen molar-refractivity contribution in [2.75, 3.05) is 6.54 Å². The highest BCUT2D eigenvalue weighted by molar-refractivity contribution is 5.50. The van der Waals surface area contributed by atoms with E-state index >= 15 is 0 Å². The molecule has 2 heteroatoms. The first-order valence-electron chi connectivity index (χ1n) is 8.12. The molecular formula is C18H27NO. The summed E-state index contributed by atoms with van der Waals surface area (Å²) in [5.74, 6) is 1.03. The summed E-state index contributed by atoms with van der Waals surface area (Å²) < 4.78 is 0. The van der Waals surface area contributed by atoms with Crippen LogP contribution in [0.1, 0.15) is 74.6 Å². The van der Waals surface area contributed by atoms with Gasteiger partial charge in [0, 0.05) is 18.2 Å². The second-order valence-corrected chi connectivity index (χ2v) is 7.05. The number of aryl methyl sites for hydroxylation is 1. The minimum atomic E-state index is 0.342. The molecule has 0 heterocycles. The molecule has 0 radical (unpaired) electrons. The van der Waals surface area contributed by atoms with E-state index in [0.29, 0.717) is 23.1 Å². The predicted octanol–water partition coefficient (Wildman–Crippen LogP) is 4.42. The van der Waals surface area contributed by atoms with Crippen LogP contribution in [0.4, 0.5) is 0 Å². The van der Waals surface area contributed by atoms with E-state index in [0.717, 1.165) is 13.0 Å². The van der Waals surface area contributed by atoms with E-state index in [4.69, 9.17) is 0 Å². The van der Waals surface area contributed by atoms with E-state index in [-0.39, 0.29) is 0 Å². The lowest BCUT2D eigenvalue weighted by Crippen LogP contribution is -2.27. The van der Waals surface area contributed by atoms with Crippen molar-refractivity contribution in [1.82, 2.24) is 5.32 Å². The molecule has 0 saturated heterocycles. The van der Waals surface area contributed by atoms with Crippen LogP contribution < -0.4 is 5.32 Å². The highest BCUT2D eigenvalue weighted by atomic mass is 16.3. The van der Waals surface area contributed by atoms with Crippen molar-refractivity contribution >= 4 is 0 Å². The molecule has 110 valence electrons. The minimum Gasteiger partial charge on any atom is -0.508 e. The molecular weight excluding hydrogens is 246 g/mol. The zero-order valence-electron chi connectivity index (χ0n) is 13.0. The zero-order chi connectivity index (χ0) is 14.3. The standard InChI is InChI=1S/C18H27NO/c1-4-7-18(8-9-18)11-19-14-10-13(3)16-12(2)5-6-15(20)17(14)16/h5-6,13-14,19-20H,4,7-11H2,1-3H3. The van der Waals surface area contributed by atoms with Crippen LogP contribution in [0.2, 0.25) is 0 Å². The summed E-state index contributed by atoms with van der Waals surface area (Å²) in [6.45, 7) is 7.84. The van der Waals surface area contributed by atoms with Crippen LogP contribution in [-0.2, 0) is 0 Å². The predicted molar refractivity (Wildman–Crippen MR) is 83.2 cm³/mol. The van der Waals surface area contributed by atoms with E-state index < -0.39 is 0 Å². The van der Waals surface area contributed by atoms with Crippen LogP contribution in [0.3, 0.4) is 0 Å². The molecule has 1 aromatic carbocycles. The Hall–Kier alpha value is -1.02. The van der Waals surface area contributed by atoms with E-state index in [1.165, 1.54) is 42.4 Å². The summed E-state index contributed by atoms with van der Waals surface area (Å²) in [6, 6.07) is 4.25. The topological polar surface area (TPSA) is 32.3 Å². The molecule has 3 rings (SSSR count). The average Bonchev–Trinajstić information content (AvgIpc) is 3.09. The smallest absolute Gasteiger partial charge is 0.120 e. The molecule has 1 fully saturated rings. The Balaban J connectivity index is 1.76. The second-order valence-electron chi connectivity index (χ2n) is 7.05. The number of aromatic hydroxyl groups is 1. The zero-order valence-corrected chi connectivity index (χ0v) is 13.0. The number of benzene rings is 1. The Morgan fingerprint density at radius 2 is 2.05 bits per heavy atom. The van der Waals surface area contributed by atoms with Crippen molar-refractivity contribution in [2.24, 2.45) is 5.41 Å². The lowest BCUT2D eigenvalue weighted by molar-refractivity contribution is 0.376. The van der Waals surface area contributed by atoms with E-state index in [1.54, 1.807) is 0 Å². The van der Waals surface area contributed by atoms with Crippen LogP contribution in [0.15, 0.2) is 12.1 Å². The van der Waals surface area contributed by atoms with Crippen molar-refractivity contribution in [3.63, 3.8) is 0 Å². The molecule has 20 heavy (non-hydrogen) atoms. The normalized spacial score (nSPS) is 26.6. The molecule has 0 aromatic heterocycles. The van der Waals surface area contributed by atoms with Gasteiger partial charge in [0.1, 0.15) is 5.75 Å². The van der Waals surface area contributed by atoms with E-state index in [9.17, 15) is 5.11 Å². The fourth-order valence-corrected chi connectivity index (χ4v) is 4.09. The van der Waals surface area contributed by atoms with Gasteiger partial charge in [0.2, 0.25) is 0 Å². The first kappa shape index (κ1) is 13.9. The van der Waals surface area contributed by atoms with E-state index in [1.807, 2.05) is 12.1 Å². The molecule has 2 atom stereocenters. The van der Waals surface area contributed by atoms with Crippen LogP contribution >= 0.6 is 0 Å². The molecule has 0 spiro atoms. The molecule has 2 aliphatic carbocycles. The molecule has 2 nitrogen and oxygen atoms in total. The van der Waals surface area contributed by atoms with Gasteiger partial charge in [0.15, 0.2) is 0 Å². The van der Waals surface area contributed by atoms with Crippen molar-refractivity contribution in [3.05, 3.63) is 28.8 Å². The summed E-state index contributed by atoms with van der Waals surface area (Å²) in [5.41, 5.74) is 4.44. The van der Waals surface area contributed by atoms with Crippen LogP contribution in [0.25, 0.3) is 0 Å². The van der Waals surface area contributed by atoms with Gasteiger partial charge in [0.05, 0.1) is 0 Å². The van der Waals surface area contributed by atoms with Gasteiger partial charge in [0.25, 0.3) is 0 Å². The van der Waals surface area contributed by atoms with E-state index in [2.05, 4.69) is 26.1 Å². The Labute approximate surface area is 122 Å². The van der Waals surface area contributed by atoms with Gasteiger partial charge in [-0.05, 0) is 61.1 Å². The van der Waals surface area contributed by atoms with Crippen LogP contribution in [0.5, 0.6) is 5.75 Å². The van der Waals surface area contributed by atoms with Gasteiger partial charge in [-0.25, -0.2) is 0 Å². The third-order valence-electron chi connectivity index (χ3n) is 5.37. The summed E-state index contributed by atoms with van der Waals surface area (Å²) in [7, 11) is 0. The van der Waals surface area contributed by atoms with Gasteiger partial charge < -0.3 is 10.4 Å². The number of hydrogen-bond acceptors (Lipinski definition) is 2. The maximum atomic E-state index is 10.3. The van der Waals surface area contributed by atoms with Gasteiger partial charge in [-0.1, -0.05) is 26.3 Å². The fourth-order valence-electron chi connectivity index (χ4n) is 4.09. The third-order valence-corrected chi connectivity index (χ3v) is 5.37. The summed E-state index contributed by atoms with van der Waals surface area (Å²) in [5, 5.41) is 14.0. The lowest BCUT2D eigenvalue weighted by Gasteiger charge is -2.20. The molecule has 2 aliphatic rings. The maximum Gasteiger partial charge on any atom is 0.120 e. The quantitative estimate of drug-likeness (QED) is 0.832. The van der Waals surface area contributed by atoms with Crippen LogP contribution in [0, 0.1) is 12.3 Å². The summed E-state index contributed by atoms with van der Waals surface area (Å²) >= 11 is 0. The minimum absolute atomic E-state index is 0.342. The molecule has 0 amide bonds.